The number of hydrogen-bond acceptors (Lipinski definition) is 5. The molecule has 0 atom stereocenters. The van der Waals surface area contributed by atoms with Crippen LogP contribution in [-0.4, -0.2) is 33.4 Å². The summed E-state index contributed by atoms with van der Waals surface area (Å²) in [6.45, 7) is 5.42. The second kappa shape index (κ2) is 10.2. The van der Waals surface area contributed by atoms with Crippen molar-refractivity contribution in [3.63, 3.8) is 0 Å². The Morgan fingerprint density at radius 1 is 1.00 bits per heavy atom. The van der Waals surface area contributed by atoms with Crippen LogP contribution in [0.3, 0.4) is 0 Å². The van der Waals surface area contributed by atoms with Gasteiger partial charge in [0.05, 0.1) is 11.3 Å². The lowest BCUT2D eigenvalue weighted by molar-refractivity contribution is -0.147. The molecule has 0 fully saturated rings. The van der Waals surface area contributed by atoms with Crippen LogP contribution >= 0.6 is 0 Å². The number of esters is 1. The summed E-state index contributed by atoms with van der Waals surface area (Å²) in [5, 5.41) is 2.61. The minimum Gasteiger partial charge on any atom is -0.456 e. The number of aryl methyl sites for hydroxylation is 1. The number of carbonyl (C=O) groups excluding carboxylic acids is 2. The summed E-state index contributed by atoms with van der Waals surface area (Å²) in [4.78, 5) is 23.7. The molecule has 0 bridgehead atoms. The van der Waals surface area contributed by atoms with Gasteiger partial charge in [-0.15, -0.1) is 0 Å². The molecule has 156 valence electrons. The van der Waals surface area contributed by atoms with E-state index in [1.165, 1.54) is 12.1 Å². The molecule has 0 aliphatic heterocycles. The second-order valence-corrected chi connectivity index (χ2v) is 8.71. The van der Waals surface area contributed by atoms with Crippen molar-refractivity contribution < 1.29 is 22.7 Å². The molecule has 0 aliphatic carbocycles. The summed E-state index contributed by atoms with van der Waals surface area (Å²) in [6, 6.07) is 13.8. The van der Waals surface area contributed by atoms with Crippen LogP contribution in [0.4, 0.5) is 5.69 Å². The third-order valence-corrected chi connectivity index (χ3v) is 5.65. The van der Waals surface area contributed by atoms with E-state index in [4.69, 9.17) is 4.74 Å². The number of rotatable bonds is 9. The molecule has 29 heavy (non-hydrogen) atoms. The molecule has 0 aromatic heterocycles. The number of nitrogens with one attached hydrogen (secondary N) is 2. The fourth-order valence-corrected chi connectivity index (χ4v) is 3.49. The Kier molecular flexibility index (Phi) is 7.92. The highest BCUT2D eigenvalue weighted by atomic mass is 32.2. The maximum absolute atomic E-state index is 12.3. The Labute approximate surface area is 171 Å². The van der Waals surface area contributed by atoms with Gasteiger partial charge in [-0.3, -0.25) is 9.59 Å². The van der Waals surface area contributed by atoms with E-state index >= 15 is 0 Å². The molecule has 7 nitrogen and oxygen atoms in total. The van der Waals surface area contributed by atoms with Gasteiger partial charge in [0.25, 0.3) is 5.91 Å². The number of hydrogen-bond donors (Lipinski definition) is 2. The van der Waals surface area contributed by atoms with Crippen molar-refractivity contribution in [2.24, 2.45) is 0 Å². The van der Waals surface area contributed by atoms with Crippen molar-refractivity contribution in [3.8, 4) is 0 Å². The minimum atomic E-state index is -3.71. The zero-order valence-electron chi connectivity index (χ0n) is 16.8. The summed E-state index contributed by atoms with van der Waals surface area (Å²) in [5.41, 5.74) is 2.71. The standard InChI is InChI=1S/C21H26N2O5S/c1-15(2)17-6-10-19(11-7-17)29(26,27)22-13-12-21(25)28-14-20(24)23-18-8-4-16(3)5-9-18/h4-11,15,22H,12-14H2,1-3H3,(H,23,24). The normalized spacial score (nSPS) is 11.3. The molecule has 0 heterocycles. The average Bonchev–Trinajstić information content (AvgIpc) is 2.68. The maximum atomic E-state index is 12.3. The van der Waals surface area contributed by atoms with Crippen molar-refractivity contribution in [2.75, 3.05) is 18.5 Å². The number of sulfonamides is 1. The molecule has 8 heteroatoms. The maximum Gasteiger partial charge on any atom is 0.307 e. The molecule has 0 radical (unpaired) electrons. The van der Waals surface area contributed by atoms with Crippen LogP contribution in [0.15, 0.2) is 53.4 Å². The van der Waals surface area contributed by atoms with E-state index in [2.05, 4.69) is 10.0 Å². The van der Waals surface area contributed by atoms with E-state index in [1.807, 2.05) is 32.9 Å². The lowest BCUT2D eigenvalue weighted by Gasteiger charge is -2.09. The van der Waals surface area contributed by atoms with Crippen molar-refractivity contribution in [1.82, 2.24) is 4.72 Å². The summed E-state index contributed by atoms with van der Waals surface area (Å²) in [7, 11) is -3.71. The second-order valence-electron chi connectivity index (χ2n) is 6.95. The molecule has 2 aromatic carbocycles. The van der Waals surface area contributed by atoms with Crippen LogP contribution in [0.5, 0.6) is 0 Å². The molecule has 2 N–H and O–H groups in total. The van der Waals surface area contributed by atoms with Gasteiger partial charge in [-0.2, -0.15) is 0 Å². The Hall–Kier alpha value is -2.71. The summed E-state index contributed by atoms with van der Waals surface area (Å²) < 4.78 is 31.8. The highest BCUT2D eigenvalue weighted by Gasteiger charge is 2.15. The van der Waals surface area contributed by atoms with Gasteiger partial charge in [0.2, 0.25) is 10.0 Å². The quantitative estimate of drug-likeness (QED) is 0.610. The van der Waals surface area contributed by atoms with Crippen LogP contribution in [0.2, 0.25) is 0 Å². The van der Waals surface area contributed by atoms with Gasteiger partial charge in [0.15, 0.2) is 6.61 Å². The molecular weight excluding hydrogens is 392 g/mol. The third-order valence-electron chi connectivity index (χ3n) is 4.18. The van der Waals surface area contributed by atoms with Crippen molar-refractivity contribution in [3.05, 3.63) is 59.7 Å². The first-order valence-electron chi connectivity index (χ1n) is 9.29. The van der Waals surface area contributed by atoms with E-state index in [0.29, 0.717) is 11.6 Å². The molecule has 0 unspecified atom stereocenters. The fraction of sp³-hybridized carbons (Fsp3) is 0.333. The number of carbonyl (C=O) groups is 2. The smallest absolute Gasteiger partial charge is 0.307 e. The van der Waals surface area contributed by atoms with Crippen LogP contribution in [0.25, 0.3) is 0 Å². The molecule has 0 spiro atoms. The minimum absolute atomic E-state index is 0.118. The highest BCUT2D eigenvalue weighted by Crippen LogP contribution is 2.17. The van der Waals surface area contributed by atoms with Gasteiger partial charge >= 0.3 is 5.97 Å². The molecule has 0 saturated carbocycles. The summed E-state index contributed by atoms with van der Waals surface area (Å²) >= 11 is 0. The predicted octanol–water partition coefficient (Wildman–Crippen LogP) is 2.97. The zero-order chi connectivity index (χ0) is 21.4. The zero-order valence-corrected chi connectivity index (χ0v) is 17.6. The molecule has 2 rings (SSSR count). The number of amides is 1. The Morgan fingerprint density at radius 3 is 2.21 bits per heavy atom. The Bertz CT molecular complexity index is 936. The summed E-state index contributed by atoms with van der Waals surface area (Å²) in [5.74, 6) is -0.826. The van der Waals surface area contributed by atoms with E-state index < -0.39 is 28.5 Å². The van der Waals surface area contributed by atoms with Gasteiger partial charge in [-0.1, -0.05) is 43.7 Å². The lowest BCUT2D eigenvalue weighted by Crippen LogP contribution is -2.28. The van der Waals surface area contributed by atoms with Crippen LogP contribution < -0.4 is 10.0 Å². The largest absolute Gasteiger partial charge is 0.456 e. The van der Waals surface area contributed by atoms with Crippen molar-refractivity contribution in [2.45, 2.75) is 38.0 Å². The monoisotopic (exact) mass is 418 g/mol. The van der Waals surface area contributed by atoms with Gasteiger partial charge in [-0.05, 0) is 42.7 Å². The predicted molar refractivity (Wildman–Crippen MR) is 111 cm³/mol. The topological polar surface area (TPSA) is 102 Å². The lowest BCUT2D eigenvalue weighted by atomic mass is 10.0. The van der Waals surface area contributed by atoms with E-state index in [0.717, 1.165) is 11.1 Å². The average molecular weight is 419 g/mol. The van der Waals surface area contributed by atoms with E-state index in [9.17, 15) is 18.0 Å². The van der Waals surface area contributed by atoms with E-state index in [-0.39, 0.29) is 17.9 Å². The molecular formula is C21H26N2O5S. The SMILES string of the molecule is Cc1ccc(NC(=O)COC(=O)CCNS(=O)(=O)c2ccc(C(C)C)cc2)cc1. The first-order chi connectivity index (χ1) is 13.7. The highest BCUT2D eigenvalue weighted by molar-refractivity contribution is 7.89. The Morgan fingerprint density at radius 2 is 1.62 bits per heavy atom. The fourth-order valence-electron chi connectivity index (χ4n) is 2.45. The van der Waals surface area contributed by atoms with Crippen LogP contribution in [0, 0.1) is 6.92 Å². The molecule has 0 saturated heterocycles. The van der Waals surface area contributed by atoms with Gasteiger partial charge < -0.3 is 10.1 Å². The molecule has 1 amide bonds. The number of anilines is 1. The first-order valence-corrected chi connectivity index (χ1v) is 10.8. The number of benzene rings is 2. The molecule has 0 aliphatic rings. The molecule has 2 aromatic rings. The van der Waals surface area contributed by atoms with E-state index in [1.54, 1.807) is 24.3 Å². The van der Waals surface area contributed by atoms with Crippen LogP contribution in [-0.2, 0) is 24.3 Å². The van der Waals surface area contributed by atoms with Crippen molar-refractivity contribution >= 4 is 27.6 Å². The third kappa shape index (κ3) is 7.32. The van der Waals surface area contributed by atoms with Gasteiger partial charge in [0.1, 0.15) is 0 Å². The Balaban J connectivity index is 1.74. The van der Waals surface area contributed by atoms with Crippen molar-refractivity contribution in [1.29, 1.82) is 0 Å². The summed E-state index contributed by atoms with van der Waals surface area (Å²) in [6.07, 6.45) is -0.179. The van der Waals surface area contributed by atoms with Gasteiger partial charge in [-0.25, -0.2) is 13.1 Å². The number of ether oxygens (including phenoxy) is 1. The van der Waals surface area contributed by atoms with Crippen LogP contribution in [0.1, 0.15) is 37.3 Å². The van der Waals surface area contributed by atoms with Gasteiger partial charge in [0, 0.05) is 12.2 Å². The first kappa shape index (κ1) is 22.6.